The summed E-state index contributed by atoms with van der Waals surface area (Å²) >= 11 is 0. The Morgan fingerprint density at radius 3 is 1.89 bits per heavy atom. The quantitative estimate of drug-likeness (QED) is 0.265. The molecule has 1 aliphatic carbocycles. The second kappa shape index (κ2) is 14.0. The van der Waals surface area contributed by atoms with Gasteiger partial charge in [0, 0.05) is 0 Å². The molecule has 3 unspecified atom stereocenters. The molecule has 0 aliphatic heterocycles. The molecule has 3 atom stereocenters. The first-order valence-electron chi connectivity index (χ1n) is 11.7. The van der Waals surface area contributed by atoms with Gasteiger partial charge in [0.15, 0.2) is 0 Å². The van der Waals surface area contributed by atoms with Crippen LogP contribution in [0, 0.1) is 23.7 Å². The number of carbonyl (C=O) groups excluding carboxylic acids is 1. The largest absolute Gasteiger partial charge is 0.481 e. The number of unbranched alkanes of at least 4 members (excludes halogenated alkanes) is 4. The van der Waals surface area contributed by atoms with E-state index in [1.807, 2.05) is 0 Å². The van der Waals surface area contributed by atoms with E-state index in [2.05, 4.69) is 27.7 Å². The lowest BCUT2D eigenvalue weighted by Crippen LogP contribution is -2.35. The Bertz CT molecular complexity index is 444. The van der Waals surface area contributed by atoms with Crippen molar-refractivity contribution in [1.29, 1.82) is 0 Å². The van der Waals surface area contributed by atoms with Crippen LogP contribution in [0.1, 0.15) is 111 Å². The topological polar surface area (TPSA) is 63.6 Å². The Morgan fingerprint density at radius 1 is 0.786 bits per heavy atom. The minimum Gasteiger partial charge on any atom is -0.481 e. The van der Waals surface area contributed by atoms with E-state index in [0.717, 1.165) is 44.4 Å². The third kappa shape index (κ3) is 10.5. The van der Waals surface area contributed by atoms with Crippen LogP contribution in [0.3, 0.4) is 0 Å². The van der Waals surface area contributed by atoms with Crippen molar-refractivity contribution in [3.8, 4) is 0 Å². The Kier molecular flexibility index (Phi) is 12.5. The molecule has 4 nitrogen and oxygen atoms in total. The van der Waals surface area contributed by atoms with Gasteiger partial charge in [-0.25, -0.2) is 0 Å². The number of hydrogen-bond acceptors (Lipinski definition) is 3. The molecule has 1 saturated carbocycles. The summed E-state index contributed by atoms with van der Waals surface area (Å²) in [6, 6.07) is 0. The molecule has 1 N–H and O–H groups in total. The number of carboxylic acid groups (broad SMARTS) is 1. The van der Waals surface area contributed by atoms with E-state index in [1.54, 1.807) is 0 Å². The molecule has 0 bridgehead atoms. The van der Waals surface area contributed by atoms with Crippen molar-refractivity contribution in [3.63, 3.8) is 0 Å². The van der Waals surface area contributed by atoms with Crippen molar-refractivity contribution < 1.29 is 19.4 Å². The number of carboxylic acids is 1. The molecule has 0 radical (unpaired) electrons. The summed E-state index contributed by atoms with van der Waals surface area (Å²) in [5.74, 6) is -0.760. The van der Waals surface area contributed by atoms with Crippen molar-refractivity contribution in [1.82, 2.24) is 0 Å². The van der Waals surface area contributed by atoms with Gasteiger partial charge in [0.05, 0.1) is 11.8 Å². The molecule has 0 aromatic heterocycles. The fourth-order valence-electron chi connectivity index (χ4n) is 4.20. The Hall–Kier alpha value is -1.06. The zero-order valence-electron chi connectivity index (χ0n) is 18.8. The average molecular weight is 397 g/mol. The van der Waals surface area contributed by atoms with Gasteiger partial charge in [0.2, 0.25) is 0 Å². The number of rotatable bonds is 14. The van der Waals surface area contributed by atoms with Gasteiger partial charge >= 0.3 is 11.9 Å². The highest BCUT2D eigenvalue weighted by Crippen LogP contribution is 2.32. The van der Waals surface area contributed by atoms with Crippen molar-refractivity contribution in [3.05, 3.63) is 0 Å². The molecule has 4 heteroatoms. The summed E-state index contributed by atoms with van der Waals surface area (Å²) < 4.78 is 5.88. The maximum Gasteiger partial charge on any atom is 0.310 e. The molecule has 0 amide bonds. The summed E-state index contributed by atoms with van der Waals surface area (Å²) in [6.45, 7) is 8.92. The summed E-state index contributed by atoms with van der Waals surface area (Å²) in [5, 5.41) is 9.44. The van der Waals surface area contributed by atoms with Crippen molar-refractivity contribution in [2.75, 3.05) is 0 Å². The molecular formula is C24H44O4. The maximum atomic E-state index is 12.7. The average Bonchev–Trinajstić information content (AvgIpc) is 2.64. The fraction of sp³-hybridized carbons (Fsp3) is 0.917. The summed E-state index contributed by atoms with van der Waals surface area (Å²) in [5.41, 5.74) is 0. The van der Waals surface area contributed by atoms with Gasteiger partial charge in [-0.15, -0.1) is 0 Å². The van der Waals surface area contributed by atoms with Gasteiger partial charge in [-0.2, -0.15) is 0 Å². The first-order valence-corrected chi connectivity index (χ1v) is 11.7. The second-order valence-electron chi connectivity index (χ2n) is 9.60. The Morgan fingerprint density at radius 2 is 1.32 bits per heavy atom. The van der Waals surface area contributed by atoms with Gasteiger partial charge in [0.25, 0.3) is 0 Å². The number of ether oxygens (including phenoxy) is 1. The third-order valence-electron chi connectivity index (χ3n) is 6.04. The summed E-state index contributed by atoms with van der Waals surface area (Å²) in [4.78, 5) is 24.2. The first-order chi connectivity index (χ1) is 13.3. The van der Waals surface area contributed by atoms with Crippen LogP contribution in [0.15, 0.2) is 0 Å². The predicted molar refractivity (Wildman–Crippen MR) is 114 cm³/mol. The standard InChI is InChI=1S/C24H44O4/c1-18(2)12-8-6-5-7-9-13-20(17-16-19(3)4)28-24(27)22-15-11-10-14-21(22)23(25)26/h18-22H,5-17H2,1-4H3,(H,25,26). The van der Waals surface area contributed by atoms with Crippen LogP contribution in [0.25, 0.3) is 0 Å². The van der Waals surface area contributed by atoms with E-state index in [4.69, 9.17) is 4.74 Å². The summed E-state index contributed by atoms with van der Waals surface area (Å²) in [6.07, 6.45) is 13.3. The molecule has 1 aliphatic rings. The van der Waals surface area contributed by atoms with E-state index in [1.165, 1.54) is 32.1 Å². The lowest BCUT2D eigenvalue weighted by Gasteiger charge is -2.29. The van der Waals surface area contributed by atoms with Crippen LogP contribution < -0.4 is 0 Å². The number of aliphatic carboxylic acids is 1. The molecular weight excluding hydrogens is 352 g/mol. The highest BCUT2D eigenvalue weighted by molar-refractivity contribution is 5.81. The molecule has 0 aromatic carbocycles. The Balaban J connectivity index is 2.44. The predicted octanol–water partition coefficient (Wildman–Crippen LogP) is 6.61. The minimum atomic E-state index is -0.846. The highest BCUT2D eigenvalue weighted by Gasteiger charge is 2.37. The molecule has 1 rings (SSSR count). The molecule has 1 fully saturated rings. The number of esters is 1. The zero-order chi connectivity index (χ0) is 20.9. The molecule has 0 spiro atoms. The van der Waals surface area contributed by atoms with Crippen molar-refractivity contribution in [2.24, 2.45) is 23.7 Å². The SMILES string of the molecule is CC(C)CCCCCCCC(CCC(C)C)OC(=O)C1CCCCC1C(=O)O. The van der Waals surface area contributed by atoms with Crippen LogP contribution in [0.2, 0.25) is 0 Å². The van der Waals surface area contributed by atoms with Crippen LogP contribution in [0.4, 0.5) is 0 Å². The summed E-state index contributed by atoms with van der Waals surface area (Å²) in [7, 11) is 0. The van der Waals surface area contributed by atoms with Gasteiger partial charge in [0.1, 0.15) is 6.10 Å². The monoisotopic (exact) mass is 396 g/mol. The molecule has 0 aromatic rings. The normalized spacial score (nSPS) is 21.1. The van der Waals surface area contributed by atoms with Gasteiger partial charge in [-0.3, -0.25) is 9.59 Å². The third-order valence-corrected chi connectivity index (χ3v) is 6.04. The van der Waals surface area contributed by atoms with Crippen LogP contribution in [-0.4, -0.2) is 23.1 Å². The van der Waals surface area contributed by atoms with Gasteiger partial charge < -0.3 is 9.84 Å². The smallest absolute Gasteiger partial charge is 0.310 e. The minimum absolute atomic E-state index is 0.0538. The number of carbonyl (C=O) groups is 2. The van der Waals surface area contributed by atoms with E-state index in [9.17, 15) is 14.7 Å². The Labute approximate surface area is 172 Å². The highest BCUT2D eigenvalue weighted by atomic mass is 16.5. The molecule has 164 valence electrons. The molecule has 0 heterocycles. The lowest BCUT2D eigenvalue weighted by molar-refractivity contribution is -0.164. The van der Waals surface area contributed by atoms with Gasteiger partial charge in [-0.1, -0.05) is 72.6 Å². The van der Waals surface area contributed by atoms with E-state index in [0.29, 0.717) is 18.8 Å². The maximum absolute atomic E-state index is 12.7. The van der Waals surface area contributed by atoms with E-state index < -0.39 is 17.8 Å². The molecule has 28 heavy (non-hydrogen) atoms. The van der Waals surface area contributed by atoms with Crippen LogP contribution in [-0.2, 0) is 14.3 Å². The fourth-order valence-corrected chi connectivity index (χ4v) is 4.20. The van der Waals surface area contributed by atoms with Crippen molar-refractivity contribution >= 4 is 11.9 Å². The number of hydrogen-bond donors (Lipinski definition) is 1. The van der Waals surface area contributed by atoms with E-state index in [-0.39, 0.29) is 12.1 Å². The molecule has 0 saturated heterocycles. The van der Waals surface area contributed by atoms with Crippen molar-refractivity contribution in [2.45, 2.75) is 117 Å². The van der Waals surface area contributed by atoms with Gasteiger partial charge in [-0.05, 0) is 50.4 Å². The second-order valence-corrected chi connectivity index (χ2v) is 9.60. The van der Waals surface area contributed by atoms with Crippen LogP contribution in [0.5, 0.6) is 0 Å². The lowest BCUT2D eigenvalue weighted by atomic mass is 9.79. The van der Waals surface area contributed by atoms with Crippen LogP contribution >= 0.6 is 0 Å². The zero-order valence-corrected chi connectivity index (χ0v) is 18.8. The first kappa shape index (κ1) is 25.0. The van der Waals surface area contributed by atoms with E-state index >= 15 is 0 Å².